The molecule has 2 aromatic rings. The van der Waals surface area contributed by atoms with Gasteiger partial charge < -0.3 is 14.4 Å². The van der Waals surface area contributed by atoms with E-state index in [0.717, 1.165) is 35.6 Å². The first-order chi connectivity index (χ1) is 11.3. The minimum absolute atomic E-state index is 0.170. The highest BCUT2D eigenvalue weighted by atomic mass is 16.6. The molecule has 118 valence electrons. The molecule has 2 aliphatic rings. The molecule has 2 aromatic carbocycles. The van der Waals surface area contributed by atoms with Crippen LogP contribution in [0.1, 0.15) is 17.5 Å². The van der Waals surface area contributed by atoms with Crippen LogP contribution >= 0.6 is 0 Å². The fourth-order valence-corrected chi connectivity index (χ4v) is 2.98. The van der Waals surface area contributed by atoms with Crippen LogP contribution < -0.4 is 9.64 Å². The van der Waals surface area contributed by atoms with Crippen LogP contribution in [0.15, 0.2) is 48.5 Å². The Balaban J connectivity index is 1.61. The zero-order valence-corrected chi connectivity index (χ0v) is 12.9. The molecule has 1 fully saturated rings. The van der Waals surface area contributed by atoms with Crippen LogP contribution in [0.5, 0.6) is 5.75 Å². The Morgan fingerprint density at radius 2 is 1.91 bits per heavy atom. The summed E-state index contributed by atoms with van der Waals surface area (Å²) in [4.78, 5) is 14.3. The fourth-order valence-electron chi connectivity index (χ4n) is 2.98. The van der Waals surface area contributed by atoms with Crippen LogP contribution in [0.3, 0.4) is 0 Å². The van der Waals surface area contributed by atoms with Crippen LogP contribution in [0, 0.1) is 0 Å². The summed E-state index contributed by atoms with van der Waals surface area (Å²) in [5.74, 6) is 1.05. The highest BCUT2D eigenvalue weighted by molar-refractivity contribution is 5.96. The molecule has 0 aliphatic carbocycles. The Morgan fingerprint density at radius 1 is 1.09 bits per heavy atom. The summed E-state index contributed by atoms with van der Waals surface area (Å²) in [5.41, 5.74) is 3.23. The maximum absolute atomic E-state index is 12.4. The average molecular weight is 309 g/mol. The van der Waals surface area contributed by atoms with Gasteiger partial charge in [-0.25, -0.2) is 0 Å². The van der Waals surface area contributed by atoms with E-state index in [1.807, 2.05) is 53.4 Å². The number of epoxide rings is 1. The van der Waals surface area contributed by atoms with E-state index in [4.69, 9.17) is 9.47 Å². The van der Waals surface area contributed by atoms with E-state index in [9.17, 15) is 4.79 Å². The Morgan fingerprint density at radius 3 is 2.70 bits per heavy atom. The largest absolute Gasteiger partial charge is 0.490 e. The highest BCUT2D eigenvalue weighted by Crippen LogP contribution is 2.36. The molecule has 1 saturated heterocycles. The molecule has 0 radical (unpaired) electrons. The number of ether oxygens (including phenoxy) is 2. The van der Waals surface area contributed by atoms with Gasteiger partial charge in [0.05, 0.1) is 18.8 Å². The highest BCUT2D eigenvalue weighted by Gasteiger charge is 2.28. The van der Waals surface area contributed by atoms with Crippen LogP contribution in [0.2, 0.25) is 0 Å². The Hall–Kier alpha value is -2.33. The Kier molecular flexibility index (Phi) is 3.75. The third kappa shape index (κ3) is 3.08. The second kappa shape index (κ2) is 6.05. The van der Waals surface area contributed by atoms with E-state index in [-0.39, 0.29) is 12.0 Å². The summed E-state index contributed by atoms with van der Waals surface area (Å²) in [6.45, 7) is 1.97. The number of hydrogen-bond donors (Lipinski definition) is 0. The first-order valence-corrected chi connectivity index (χ1v) is 8.02. The van der Waals surface area contributed by atoms with Crippen molar-refractivity contribution in [2.75, 3.05) is 18.1 Å². The molecule has 4 nitrogen and oxygen atoms in total. The second-order valence-electron chi connectivity index (χ2n) is 5.99. The van der Waals surface area contributed by atoms with Crippen LogP contribution in [-0.4, -0.2) is 25.2 Å². The lowest BCUT2D eigenvalue weighted by atomic mass is 9.99. The van der Waals surface area contributed by atoms with Crippen molar-refractivity contribution in [2.24, 2.45) is 0 Å². The molecule has 2 aliphatic heterocycles. The van der Waals surface area contributed by atoms with E-state index in [2.05, 4.69) is 0 Å². The molecule has 2 heterocycles. The third-order valence-corrected chi connectivity index (χ3v) is 4.30. The molecule has 0 bridgehead atoms. The zero-order valence-electron chi connectivity index (χ0n) is 12.9. The van der Waals surface area contributed by atoms with Gasteiger partial charge >= 0.3 is 0 Å². The minimum atomic E-state index is 0.170. The SMILES string of the molecule is O=C1CCc2c(OCC3CO3)cccc2N1Cc1ccccc1. The average Bonchev–Trinajstić information content (AvgIpc) is 3.41. The lowest BCUT2D eigenvalue weighted by Crippen LogP contribution is -2.34. The standard InChI is InChI=1S/C19H19NO3/c21-19-10-9-16-17(20(19)11-14-5-2-1-3-6-14)7-4-8-18(16)23-13-15-12-22-15/h1-8,15H,9-13H2. The summed E-state index contributed by atoms with van der Waals surface area (Å²) in [6, 6.07) is 16.0. The maximum atomic E-state index is 12.4. The number of nitrogens with zero attached hydrogens (tertiary/aromatic N) is 1. The molecule has 23 heavy (non-hydrogen) atoms. The summed E-state index contributed by atoms with van der Waals surface area (Å²) in [6.07, 6.45) is 1.50. The van der Waals surface area contributed by atoms with E-state index < -0.39 is 0 Å². The summed E-state index contributed by atoms with van der Waals surface area (Å²) in [7, 11) is 0. The molecule has 4 heteroatoms. The van der Waals surface area contributed by atoms with E-state index in [1.54, 1.807) is 0 Å². The van der Waals surface area contributed by atoms with Crippen molar-refractivity contribution in [3.63, 3.8) is 0 Å². The Bertz CT molecular complexity index is 710. The normalized spacial score (nSPS) is 19.4. The van der Waals surface area contributed by atoms with Gasteiger partial charge in [0.15, 0.2) is 0 Å². The predicted octanol–water partition coefficient (Wildman–Crippen LogP) is 2.94. The van der Waals surface area contributed by atoms with Crippen molar-refractivity contribution in [1.82, 2.24) is 0 Å². The lowest BCUT2D eigenvalue weighted by Gasteiger charge is -2.30. The Labute approximate surface area is 135 Å². The predicted molar refractivity (Wildman–Crippen MR) is 87.6 cm³/mol. The van der Waals surface area contributed by atoms with Crippen molar-refractivity contribution >= 4 is 11.6 Å². The van der Waals surface area contributed by atoms with Crippen molar-refractivity contribution in [3.05, 3.63) is 59.7 Å². The minimum Gasteiger partial charge on any atom is -0.490 e. The number of benzene rings is 2. The van der Waals surface area contributed by atoms with Crippen molar-refractivity contribution in [1.29, 1.82) is 0 Å². The van der Waals surface area contributed by atoms with Crippen LogP contribution in [0.25, 0.3) is 0 Å². The van der Waals surface area contributed by atoms with Gasteiger partial charge in [0.25, 0.3) is 0 Å². The molecule has 0 aromatic heterocycles. The van der Waals surface area contributed by atoms with Gasteiger partial charge in [0.1, 0.15) is 18.5 Å². The summed E-state index contributed by atoms with van der Waals surface area (Å²) >= 11 is 0. The van der Waals surface area contributed by atoms with Gasteiger partial charge in [0, 0.05) is 12.0 Å². The maximum Gasteiger partial charge on any atom is 0.227 e. The molecule has 1 unspecified atom stereocenters. The van der Waals surface area contributed by atoms with Crippen molar-refractivity contribution in [2.45, 2.75) is 25.5 Å². The smallest absolute Gasteiger partial charge is 0.227 e. The summed E-state index contributed by atoms with van der Waals surface area (Å²) in [5, 5.41) is 0. The van der Waals surface area contributed by atoms with Crippen molar-refractivity contribution in [3.8, 4) is 5.75 Å². The molecule has 1 atom stereocenters. The number of anilines is 1. The van der Waals surface area contributed by atoms with Crippen LogP contribution in [0.4, 0.5) is 5.69 Å². The number of rotatable bonds is 5. The van der Waals surface area contributed by atoms with E-state index in [0.29, 0.717) is 19.6 Å². The monoisotopic (exact) mass is 309 g/mol. The number of carbonyl (C=O) groups is 1. The quantitative estimate of drug-likeness (QED) is 0.798. The second-order valence-corrected chi connectivity index (χ2v) is 5.99. The van der Waals surface area contributed by atoms with Crippen LogP contribution in [-0.2, 0) is 22.5 Å². The van der Waals surface area contributed by atoms with Gasteiger partial charge in [-0.1, -0.05) is 36.4 Å². The molecule has 0 spiro atoms. The zero-order chi connectivity index (χ0) is 15.6. The van der Waals surface area contributed by atoms with Gasteiger partial charge in [0.2, 0.25) is 5.91 Å². The number of carbonyl (C=O) groups excluding carboxylic acids is 1. The first-order valence-electron chi connectivity index (χ1n) is 8.02. The van der Waals surface area contributed by atoms with E-state index >= 15 is 0 Å². The molecule has 0 N–H and O–H groups in total. The lowest BCUT2D eigenvalue weighted by molar-refractivity contribution is -0.119. The van der Waals surface area contributed by atoms with Crippen molar-refractivity contribution < 1.29 is 14.3 Å². The number of amides is 1. The topological polar surface area (TPSA) is 42.1 Å². The molecular weight excluding hydrogens is 290 g/mol. The van der Waals surface area contributed by atoms with Gasteiger partial charge in [-0.05, 0) is 24.1 Å². The van der Waals surface area contributed by atoms with Gasteiger partial charge in [-0.2, -0.15) is 0 Å². The van der Waals surface area contributed by atoms with Gasteiger partial charge in [-0.15, -0.1) is 0 Å². The molecule has 4 rings (SSSR count). The first kappa shape index (κ1) is 14.3. The third-order valence-electron chi connectivity index (χ3n) is 4.30. The molecule has 0 saturated carbocycles. The molecular formula is C19H19NO3. The van der Waals surface area contributed by atoms with Gasteiger partial charge in [-0.3, -0.25) is 4.79 Å². The fraction of sp³-hybridized carbons (Fsp3) is 0.316. The number of fused-ring (bicyclic) bond motifs is 1. The molecule has 1 amide bonds. The van der Waals surface area contributed by atoms with E-state index in [1.165, 1.54) is 0 Å². The number of hydrogen-bond acceptors (Lipinski definition) is 3. The summed E-state index contributed by atoms with van der Waals surface area (Å²) < 4.78 is 11.1.